The van der Waals surface area contributed by atoms with Gasteiger partial charge in [0, 0.05) is 38.7 Å². The highest BCUT2D eigenvalue weighted by Crippen LogP contribution is 2.36. The minimum Gasteiger partial charge on any atom is -0.416 e. The van der Waals surface area contributed by atoms with E-state index in [-0.39, 0.29) is 0 Å². The maximum absolute atomic E-state index is 6.25. The van der Waals surface area contributed by atoms with Crippen molar-refractivity contribution in [3.63, 3.8) is 0 Å². The molecule has 1 saturated heterocycles. The van der Waals surface area contributed by atoms with Crippen LogP contribution in [0.25, 0.3) is 0 Å². The van der Waals surface area contributed by atoms with Gasteiger partial charge in [0.15, 0.2) is 8.32 Å². The third kappa shape index (κ3) is 4.16. The van der Waals surface area contributed by atoms with Crippen molar-refractivity contribution in [1.29, 1.82) is 0 Å². The van der Waals surface area contributed by atoms with E-state index in [4.69, 9.17) is 4.43 Å². The van der Waals surface area contributed by atoms with Crippen molar-refractivity contribution in [2.45, 2.75) is 38.9 Å². The van der Waals surface area contributed by atoms with E-state index in [1.54, 1.807) is 0 Å². The number of hydrogen-bond acceptors (Lipinski definition) is 3. The quantitative estimate of drug-likeness (QED) is 0.743. The van der Waals surface area contributed by atoms with Gasteiger partial charge in [-0.15, -0.1) is 0 Å². The van der Waals surface area contributed by atoms with Gasteiger partial charge in [0.2, 0.25) is 0 Å². The number of hydrogen-bond donors (Lipinski definition) is 2. The molecule has 0 aromatic rings. The highest BCUT2D eigenvalue weighted by atomic mass is 28.4. The lowest BCUT2D eigenvalue weighted by Crippen LogP contribution is -2.43. The molecular weight excluding hydrogens is 216 g/mol. The molecule has 1 aliphatic heterocycles. The van der Waals surface area contributed by atoms with Gasteiger partial charge in [-0.3, -0.25) is 0 Å². The van der Waals surface area contributed by atoms with E-state index in [1.165, 1.54) is 0 Å². The fourth-order valence-corrected chi connectivity index (χ4v) is 2.61. The van der Waals surface area contributed by atoms with E-state index in [1.807, 2.05) is 0 Å². The van der Waals surface area contributed by atoms with Crippen molar-refractivity contribution in [2.24, 2.45) is 5.92 Å². The summed E-state index contributed by atoms with van der Waals surface area (Å²) in [6.07, 6.45) is 0. The Morgan fingerprint density at radius 2 is 1.62 bits per heavy atom. The molecule has 96 valence electrons. The van der Waals surface area contributed by atoms with Crippen LogP contribution in [0.3, 0.4) is 0 Å². The molecule has 0 aliphatic carbocycles. The van der Waals surface area contributed by atoms with Crippen molar-refractivity contribution < 1.29 is 4.43 Å². The summed E-state index contributed by atoms with van der Waals surface area (Å²) in [5.41, 5.74) is 0. The zero-order valence-electron chi connectivity index (χ0n) is 11.5. The lowest BCUT2D eigenvalue weighted by Gasteiger charge is -2.37. The molecule has 0 saturated carbocycles. The van der Waals surface area contributed by atoms with Crippen LogP contribution in [0.15, 0.2) is 0 Å². The summed E-state index contributed by atoms with van der Waals surface area (Å²) in [5.74, 6) is 0.622. The van der Waals surface area contributed by atoms with Gasteiger partial charge in [0.05, 0.1) is 0 Å². The van der Waals surface area contributed by atoms with Gasteiger partial charge in [-0.05, 0) is 18.1 Å². The van der Waals surface area contributed by atoms with E-state index in [2.05, 4.69) is 44.5 Å². The summed E-state index contributed by atoms with van der Waals surface area (Å²) in [6.45, 7) is 16.8. The predicted molar refractivity (Wildman–Crippen MR) is 72.4 cm³/mol. The van der Waals surface area contributed by atoms with Crippen molar-refractivity contribution >= 4 is 8.32 Å². The Hall–Kier alpha value is 0.0969. The van der Waals surface area contributed by atoms with Crippen LogP contribution in [0.4, 0.5) is 0 Å². The highest BCUT2D eigenvalue weighted by molar-refractivity contribution is 6.74. The van der Waals surface area contributed by atoms with E-state index in [0.29, 0.717) is 11.0 Å². The van der Waals surface area contributed by atoms with Crippen LogP contribution in [-0.2, 0) is 4.43 Å². The smallest absolute Gasteiger partial charge is 0.191 e. The molecule has 1 rings (SSSR count). The molecule has 0 unspecified atom stereocenters. The van der Waals surface area contributed by atoms with Gasteiger partial charge in [0.25, 0.3) is 0 Å². The minimum atomic E-state index is -1.56. The minimum absolute atomic E-state index is 0.318. The average molecular weight is 244 g/mol. The summed E-state index contributed by atoms with van der Waals surface area (Å²) < 4.78 is 6.25. The SMILES string of the molecule is CC(C)(C)[Si](C)(C)OCC1CNCCNC1. The zero-order valence-corrected chi connectivity index (χ0v) is 12.5. The van der Waals surface area contributed by atoms with Crippen molar-refractivity contribution in [2.75, 3.05) is 32.8 Å². The van der Waals surface area contributed by atoms with Crippen LogP contribution in [0.5, 0.6) is 0 Å². The first-order valence-corrected chi connectivity index (χ1v) is 9.29. The topological polar surface area (TPSA) is 33.3 Å². The third-order valence-corrected chi connectivity index (χ3v) is 8.33. The largest absolute Gasteiger partial charge is 0.416 e. The molecule has 1 aliphatic rings. The maximum atomic E-state index is 6.25. The molecule has 0 spiro atoms. The number of rotatable bonds is 3. The molecule has 2 N–H and O–H groups in total. The molecule has 0 amide bonds. The standard InChI is InChI=1S/C12H28N2OSi/c1-12(2,3)16(4,5)15-10-11-8-13-6-7-14-9-11/h11,13-14H,6-10H2,1-5H3. The van der Waals surface area contributed by atoms with Gasteiger partial charge >= 0.3 is 0 Å². The fraction of sp³-hybridized carbons (Fsp3) is 1.00. The third-order valence-electron chi connectivity index (χ3n) is 3.83. The van der Waals surface area contributed by atoms with Crippen LogP contribution in [-0.4, -0.2) is 41.1 Å². The van der Waals surface area contributed by atoms with Crippen LogP contribution in [0.1, 0.15) is 20.8 Å². The Bertz CT molecular complexity index is 206. The molecule has 4 heteroatoms. The van der Waals surface area contributed by atoms with Gasteiger partial charge < -0.3 is 15.1 Å². The Balaban J connectivity index is 2.37. The van der Waals surface area contributed by atoms with Gasteiger partial charge in [-0.2, -0.15) is 0 Å². The molecule has 0 aromatic carbocycles. The van der Waals surface area contributed by atoms with Crippen LogP contribution >= 0.6 is 0 Å². The van der Waals surface area contributed by atoms with E-state index in [9.17, 15) is 0 Å². The van der Waals surface area contributed by atoms with Crippen molar-refractivity contribution in [3.8, 4) is 0 Å². The first kappa shape index (κ1) is 14.2. The molecule has 0 aromatic heterocycles. The monoisotopic (exact) mass is 244 g/mol. The molecule has 3 nitrogen and oxygen atoms in total. The molecule has 0 atom stereocenters. The van der Waals surface area contributed by atoms with E-state index in [0.717, 1.165) is 32.8 Å². The first-order valence-electron chi connectivity index (χ1n) is 6.38. The first-order chi connectivity index (χ1) is 7.33. The summed E-state index contributed by atoms with van der Waals surface area (Å²) in [4.78, 5) is 0. The summed E-state index contributed by atoms with van der Waals surface area (Å²) in [5, 5.41) is 7.21. The summed E-state index contributed by atoms with van der Waals surface area (Å²) in [7, 11) is -1.56. The summed E-state index contributed by atoms with van der Waals surface area (Å²) in [6, 6.07) is 0. The highest BCUT2D eigenvalue weighted by Gasteiger charge is 2.37. The lowest BCUT2D eigenvalue weighted by molar-refractivity contribution is 0.227. The predicted octanol–water partition coefficient (Wildman–Crippen LogP) is 1.82. The fourth-order valence-electron chi connectivity index (χ4n) is 1.52. The van der Waals surface area contributed by atoms with Crippen LogP contribution in [0, 0.1) is 5.92 Å². The second kappa shape index (κ2) is 5.62. The molecule has 16 heavy (non-hydrogen) atoms. The molecule has 0 radical (unpaired) electrons. The van der Waals surface area contributed by atoms with E-state index >= 15 is 0 Å². The molecule has 1 fully saturated rings. The maximum Gasteiger partial charge on any atom is 0.191 e. The summed E-state index contributed by atoms with van der Waals surface area (Å²) >= 11 is 0. The van der Waals surface area contributed by atoms with E-state index < -0.39 is 8.32 Å². The molecule has 1 heterocycles. The number of nitrogens with one attached hydrogen (secondary N) is 2. The molecular formula is C12H28N2OSi. The van der Waals surface area contributed by atoms with Gasteiger partial charge in [0.1, 0.15) is 0 Å². The lowest BCUT2D eigenvalue weighted by atomic mass is 10.2. The Morgan fingerprint density at radius 1 is 1.12 bits per heavy atom. The van der Waals surface area contributed by atoms with Crippen LogP contribution < -0.4 is 10.6 Å². The second-order valence-corrected chi connectivity index (χ2v) is 11.2. The zero-order chi connectivity index (χ0) is 12.2. The van der Waals surface area contributed by atoms with Crippen LogP contribution in [0.2, 0.25) is 18.1 Å². The van der Waals surface area contributed by atoms with Gasteiger partial charge in [-0.25, -0.2) is 0 Å². The Kier molecular flexibility index (Phi) is 4.98. The van der Waals surface area contributed by atoms with Gasteiger partial charge in [-0.1, -0.05) is 20.8 Å². The Labute approximate surface area is 101 Å². The normalized spacial score (nSPS) is 20.8. The van der Waals surface area contributed by atoms with Crippen molar-refractivity contribution in [3.05, 3.63) is 0 Å². The average Bonchev–Trinajstić information content (AvgIpc) is 2.41. The second-order valence-electron chi connectivity index (χ2n) is 6.35. The Morgan fingerprint density at radius 3 is 2.06 bits per heavy atom. The van der Waals surface area contributed by atoms with Crippen molar-refractivity contribution in [1.82, 2.24) is 10.6 Å². The molecule has 0 bridgehead atoms.